The number of imide groups is 1. The Bertz CT molecular complexity index is 1260. The molecule has 2 fully saturated rings. The Morgan fingerprint density at radius 2 is 1.97 bits per heavy atom. The summed E-state index contributed by atoms with van der Waals surface area (Å²) in [6.45, 7) is 7.56. The Morgan fingerprint density at radius 3 is 2.74 bits per heavy atom. The minimum Gasteiger partial charge on any atom is -0.491 e. The Balaban J connectivity index is 1.23. The zero-order valence-electron chi connectivity index (χ0n) is 22.1. The average molecular weight is 523 g/mol. The molecular formula is C28H34N4O6. The van der Waals surface area contributed by atoms with E-state index in [4.69, 9.17) is 9.26 Å². The first-order valence-corrected chi connectivity index (χ1v) is 13.3. The molecule has 202 valence electrons. The highest BCUT2D eigenvalue weighted by molar-refractivity contribution is 6.05. The normalized spacial score (nSPS) is 21.9. The molecule has 1 aromatic carbocycles. The van der Waals surface area contributed by atoms with Gasteiger partial charge in [-0.25, -0.2) is 0 Å². The molecule has 3 aliphatic rings. The van der Waals surface area contributed by atoms with Gasteiger partial charge in [-0.3, -0.25) is 24.5 Å². The number of amides is 4. The molecule has 2 saturated heterocycles. The van der Waals surface area contributed by atoms with Gasteiger partial charge in [-0.1, -0.05) is 25.9 Å². The van der Waals surface area contributed by atoms with E-state index in [1.54, 1.807) is 18.2 Å². The summed E-state index contributed by atoms with van der Waals surface area (Å²) in [4.78, 5) is 53.3. The van der Waals surface area contributed by atoms with Gasteiger partial charge in [0.05, 0.1) is 6.04 Å². The molecule has 10 nitrogen and oxygen atoms in total. The highest BCUT2D eigenvalue weighted by atomic mass is 16.5. The summed E-state index contributed by atoms with van der Waals surface area (Å²) in [7, 11) is 0. The molecule has 2 unspecified atom stereocenters. The molecular weight excluding hydrogens is 488 g/mol. The molecule has 1 aromatic heterocycles. The van der Waals surface area contributed by atoms with E-state index in [9.17, 15) is 19.2 Å². The van der Waals surface area contributed by atoms with Crippen molar-refractivity contribution in [3.8, 4) is 5.75 Å². The lowest BCUT2D eigenvalue weighted by atomic mass is 9.91. The number of aromatic nitrogens is 1. The van der Waals surface area contributed by atoms with E-state index in [-0.39, 0.29) is 42.1 Å². The van der Waals surface area contributed by atoms with Crippen LogP contribution in [0.2, 0.25) is 0 Å². The van der Waals surface area contributed by atoms with Crippen LogP contribution in [0.3, 0.4) is 0 Å². The SMILES string of the molecule is CC(C)(C)Cc1cc(C(=O)N2CCCCC2COc2ccc3c(c2)CN(C2CCC(=O)NC2=O)C3=O)no1. The number of hydrogen-bond donors (Lipinski definition) is 1. The van der Waals surface area contributed by atoms with Crippen LogP contribution in [0.1, 0.15) is 85.0 Å². The van der Waals surface area contributed by atoms with Gasteiger partial charge in [-0.05, 0) is 54.9 Å². The van der Waals surface area contributed by atoms with Crippen molar-refractivity contribution in [1.82, 2.24) is 20.3 Å². The predicted octanol–water partition coefficient (Wildman–Crippen LogP) is 3.10. The number of nitrogens with one attached hydrogen (secondary N) is 1. The third-order valence-corrected chi connectivity index (χ3v) is 7.31. The molecule has 38 heavy (non-hydrogen) atoms. The second-order valence-corrected chi connectivity index (χ2v) is 11.6. The molecule has 4 heterocycles. The van der Waals surface area contributed by atoms with Crippen LogP contribution in [0.15, 0.2) is 28.8 Å². The first-order chi connectivity index (χ1) is 18.1. The molecule has 3 aliphatic heterocycles. The van der Waals surface area contributed by atoms with Gasteiger partial charge in [0.1, 0.15) is 24.2 Å². The third-order valence-electron chi connectivity index (χ3n) is 7.31. The van der Waals surface area contributed by atoms with E-state index < -0.39 is 11.9 Å². The molecule has 10 heteroatoms. The van der Waals surface area contributed by atoms with Crippen LogP contribution in [0.5, 0.6) is 5.75 Å². The smallest absolute Gasteiger partial charge is 0.276 e. The molecule has 5 rings (SSSR count). The second kappa shape index (κ2) is 10.2. The monoisotopic (exact) mass is 522 g/mol. The molecule has 0 bridgehead atoms. The zero-order chi connectivity index (χ0) is 27.0. The lowest BCUT2D eigenvalue weighted by Crippen LogP contribution is -2.52. The number of fused-ring (bicyclic) bond motifs is 1. The van der Waals surface area contributed by atoms with Crippen molar-refractivity contribution >= 4 is 23.6 Å². The lowest BCUT2D eigenvalue weighted by molar-refractivity contribution is -0.136. The van der Waals surface area contributed by atoms with Crippen LogP contribution in [0, 0.1) is 5.41 Å². The number of benzene rings is 1. The zero-order valence-corrected chi connectivity index (χ0v) is 22.1. The Kier molecular flexibility index (Phi) is 6.98. The summed E-state index contributed by atoms with van der Waals surface area (Å²) < 4.78 is 11.5. The maximum Gasteiger partial charge on any atom is 0.276 e. The maximum absolute atomic E-state index is 13.3. The number of ether oxygens (including phenoxy) is 1. The summed E-state index contributed by atoms with van der Waals surface area (Å²) in [5.74, 6) is 0.192. The van der Waals surface area contributed by atoms with E-state index in [2.05, 4.69) is 31.2 Å². The number of piperidine rings is 2. The molecule has 0 radical (unpaired) electrons. The van der Waals surface area contributed by atoms with Gasteiger partial charge >= 0.3 is 0 Å². The number of likely N-dealkylation sites (tertiary alicyclic amines) is 1. The van der Waals surface area contributed by atoms with Gasteiger partial charge in [0, 0.05) is 37.6 Å². The van der Waals surface area contributed by atoms with Crippen molar-refractivity contribution < 1.29 is 28.4 Å². The topological polar surface area (TPSA) is 122 Å². The van der Waals surface area contributed by atoms with Crippen molar-refractivity contribution in [3.05, 3.63) is 46.8 Å². The number of hydrogen-bond acceptors (Lipinski definition) is 7. The molecule has 0 aliphatic carbocycles. The van der Waals surface area contributed by atoms with E-state index >= 15 is 0 Å². The van der Waals surface area contributed by atoms with Gasteiger partial charge < -0.3 is 19.1 Å². The van der Waals surface area contributed by atoms with Crippen LogP contribution in [0.4, 0.5) is 0 Å². The first-order valence-electron chi connectivity index (χ1n) is 13.3. The van der Waals surface area contributed by atoms with Gasteiger partial charge in [-0.15, -0.1) is 0 Å². The molecule has 1 N–H and O–H groups in total. The largest absolute Gasteiger partial charge is 0.491 e. The summed E-state index contributed by atoms with van der Waals surface area (Å²) >= 11 is 0. The van der Waals surface area contributed by atoms with Crippen molar-refractivity contribution in [1.29, 1.82) is 0 Å². The van der Waals surface area contributed by atoms with Gasteiger partial charge in [0.15, 0.2) is 5.69 Å². The molecule has 2 atom stereocenters. The fourth-order valence-corrected chi connectivity index (χ4v) is 5.44. The fraction of sp³-hybridized carbons (Fsp3) is 0.536. The predicted molar refractivity (Wildman–Crippen MR) is 136 cm³/mol. The minimum atomic E-state index is -0.653. The molecule has 4 amide bonds. The number of carbonyl (C=O) groups is 4. The van der Waals surface area contributed by atoms with Gasteiger partial charge in [-0.2, -0.15) is 0 Å². The standard InChI is InChI=1S/C28H34N4O6/c1-28(2,3)14-20-13-22(30-38-20)27(36)31-11-5-4-6-18(31)16-37-19-7-8-21-17(12-19)15-32(26(21)35)23-9-10-24(33)29-25(23)34/h7-8,12-13,18,23H,4-6,9-11,14-16H2,1-3H3,(H,29,33,34). The molecule has 0 spiro atoms. The van der Waals surface area contributed by atoms with Crippen molar-refractivity contribution in [2.45, 2.75) is 77.9 Å². The number of rotatable bonds is 6. The van der Waals surface area contributed by atoms with E-state index in [0.717, 1.165) is 24.8 Å². The summed E-state index contributed by atoms with van der Waals surface area (Å²) in [6.07, 6.45) is 3.99. The summed E-state index contributed by atoms with van der Waals surface area (Å²) in [5, 5.41) is 6.36. The Morgan fingerprint density at radius 1 is 1.16 bits per heavy atom. The maximum atomic E-state index is 13.3. The summed E-state index contributed by atoms with van der Waals surface area (Å²) in [5.41, 5.74) is 1.66. The average Bonchev–Trinajstić information content (AvgIpc) is 3.45. The van der Waals surface area contributed by atoms with Gasteiger partial charge in [0.25, 0.3) is 11.8 Å². The van der Waals surface area contributed by atoms with E-state index in [0.29, 0.717) is 48.8 Å². The number of nitrogens with zero attached hydrogens (tertiary/aromatic N) is 3. The highest BCUT2D eigenvalue weighted by Crippen LogP contribution is 2.31. The fourth-order valence-electron chi connectivity index (χ4n) is 5.44. The van der Waals surface area contributed by atoms with Crippen LogP contribution >= 0.6 is 0 Å². The Hall–Kier alpha value is -3.69. The first kappa shape index (κ1) is 25.9. The quantitative estimate of drug-likeness (QED) is 0.579. The summed E-state index contributed by atoms with van der Waals surface area (Å²) in [6, 6.07) is 6.27. The van der Waals surface area contributed by atoms with E-state index in [1.807, 2.05) is 11.0 Å². The van der Waals surface area contributed by atoms with Crippen molar-refractivity contribution in [2.75, 3.05) is 13.2 Å². The molecule has 0 saturated carbocycles. The minimum absolute atomic E-state index is 0.0285. The van der Waals surface area contributed by atoms with Gasteiger partial charge in [0.2, 0.25) is 11.8 Å². The van der Waals surface area contributed by atoms with Crippen LogP contribution in [-0.2, 0) is 22.6 Å². The highest BCUT2D eigenvalue weighted by Gasteiger charge is 2.39. The number of carbonyl (C=O) groups excluding carboxylic acids is 4. The molecule has 2 aromatic rings. The van der Waals surface area contributed by atoms with Crippen molar-refractivity contribution in [3.63, 3.8) is 0 Å². The van der Waals surface area contributed by atoms with E-state index in [1.165, 1.54) is 4.90 Å². The van der Waals surface area contributed by atoms with Crippen LogP contribution in [-0.4, -0.2) is 63.8 Å². The van der Waals surface area contributed by atoms with Crippen LogP contribution in [0.25, 0.3) is 0 Å². The second-order valence-electron chi connectivity index (χ2n) is 11.6. The lowest BCUT2D eigenvalue weighted by Gasteiger charge is -2.35. The van der Waals surface area contributed by atoms with Crippen molar-refractivity contribution in [2.24, 2.45) is 5.41 Å². The Labute approximate surface area is 221 Å². The third kappa shape index (κ3) is 5.44. The van der Waals surface area contributed by atoms with Crippen LogP contribution < -0.4 is 10.1 Å².